The molecule has 0 unspecified atom stereocenters. The second kappa shape index (κ2) is 10.1. The van der Waals surface area contributed by atoms with Crippen molar-refractivity contribution in [2.45, 2.75) is 89.9 Å². The van der Waals surface area contributed by atoms with Crippen LogP contribution < -0.4 is 4.74 Å². The molecule has 2 aliphatic carbocycles. The molecule has 3 heteroatoms. The minimum atomic E-state index is -0.270. The molecule has 1 atom stereocenters. The van der Waals surface area contributed by atoms with E-state index in [9.17, 15) is 10.1 Å². The maximum atomic E-state index is 11.9. The lowest BCUT2D eigenvalue weighted by molar-refractivity contribution is -0.123. The van der Waals surface area contributed by atoms with Gasteiger partial charge in [0.15, 0.2) is 0 Å². The summed E-state index contributed by atoms with van der Waals surface area (Å²) in [5, 5.41) is 9.93. The van der Waals surface area contributed by atoms with Gasteiger partial charge in [0.1, 0.15) is 11.5 Å². The lowest BCUT2D eigenvalue weighted by Gasteiger charge is -2.42. The van der Waals surface area contributed by atoms with Crippen LogP contribution in [0.15, 0.2) is 24.3 Å². The lowest BCUT2D eigenvalue weighted by Crippen LogP contribution is -2.36. The molecule has 0 aliphatic heterocycles. The Labute approximate surface area is 170 Å². The maximum Gasteiger partial charge on any atom is 0.133 e. The van der Waals surface area contributed by atoms with E-state index in [0.717, 1.165) is 57.3 Å². The molecular formula is C25H35NO2. The second-order valence-electron chi connectivity index (χ2n) is 8.85. The largest absolute Gasteiger partial charge is 0.494 e. The normalized spacial score (nSPS) is 27.9. The summed E-state index contributed by atoms with van der Waals surface area (Å²) in [6.45, 7) is 3.02. The Kier molecular flexibility index (Phi) is 7.54. The Morgan fingerprint density at radius 1 is 1.11 bits per heavy atom. The van der Waals surface area contributed by atoms with Gasteiger partial charge in [0, 0.05) is 12.8 Å². The predicted molar refractivity (Wildman–Crippen MR) is 112 cm³/mol. The van der Waals surface area contributed by atoms with Gasteiger partial charge in [0.2, 0.25) is 0 Å². The van der Waals surface area contributed by atoms with Crippen LogP contribution in [0.5, 0.6) is 5.75 Å². The standard InChI is InChI=1S/C25H35NO2/c1-2-3-4-5-17-28-24-11-9-20(10-12-24)21-13-15-25(19-26,16-14-21)22-7-6-8-23(27)18-22/h9-12,21-22H,2-8,13-18H2,1H3/t21-,22-,25+/m1/s1. The molecular weight excluding hydrogens is 346 g/mol. The van der Waals surface area contributed by atoms with E-state index in [4.69, 9.17) is 4.74 Å². The topological polar surface area (TPSA) is 50.1 Å². The molecule has 1 aromatic rings. The number of Topliss-reactive ketones (excluding diaryl/α,β-unsaturated/α-hetero) is 1. The van der Waals surface area contributed by atoms with Gasteiger partial charge in [-0.05, 0) is 74.5 Å². The fourth-order valence-electron chi connectivity index (χ4n) is 5.13. The van der Waals surface area contributed by atoms with Gasteiger partial charge in [-0.3, -0.25) is 4.79 Å². The van der Waals surface area contributed by atoms with Crippen LogP contribution >= 0.6 is 0 Å². The minimum Gasteiger partial charge on any atom is -0.494 e. The van der Waals surface area contributed by atoms with E-state index in [2.05, 4.69) is 37.3 Å². The van der Waals surface area contributed by atoms with Crippen molar-refractivity contribution >= 4 is 5.78 Å². The number of nitrogens with zero attached hydrogens (tertiary/aromatic N) is 1. The number of ether oxygens (including phenoxy) is 1. The van der Waals surface area contributed by atoms with Gasteiger partial charge in [-0.2, -0.15) is 5.26 Å². The van der Waals surface area contributed by atoms with Crippen molar-refractivity contribution in [1.82, 2.24) is 0 Å². The van der Waals surface area contributed by atoms with E-state index < -0.39 is 0 Å². The summed E-state index contributed by atoms with van der Waals surface area (Å²) >= 11 is 0. The Balaban J connectivity index is 1.51. The molecule has 0 amide bonds. The zero-order chi connectivity index (χ0) is 19.8. The van der Waals surface area contributed by atoms with E-state index in [-0.39, 0.29) is 11.3 Å². The summed E-state index contributed by atoms with van der Waals surface area (Å²) in [7, 11) is 0. The van der Waals surface area contributed by atoms with Crippen molar-refractivity contribution < 1.29 is 9.53 Å². The number of rotatable bonds is 8. The van der Waals surface area contributed by atoms with Crippen LogP contribution in [0.1, 0.15) is 95.5 Å². The molecule has 0 radical (unpaired) electrons. The number of benzene rings is 1. The highest BCUT2D eigenvalue weighted by Crippen LogP contribution is 2.50. The van der Waals surface area contributed by atoms with Gasteiger partial charge in [0.05, 0.1) is 18.1 Å². The molecule has 3 rings (SSSR count). The Bertz CT molecular complexity index is 665. The summed E-state index contributed by atoms with van der Waals surface area (Å²) < 4.78 is 5.86. The van der Waals surface area contributed by atoms with Gasteiger partial charge in [-0.1, -0.05) is 38.3 Å². The molecule has 28 heavy (non-hydrogen) atoms. The van der Waals surface area contributed by atoms with E-state index >= 15 is 0 Å². The zero-order valence-corrected chi connectivity index (χ0v) is 17.4. The van der Waals surface area contributed by atoms with E-state index in [1.54, 1.807) is 0 Å². The highest BCUT2D eigenvalue weighted by molar-refractivity contribution is 5.79. The van der Waals surface area contributed by atoms with Crippen molar-refractivity contribution in [1.29, 1.82) is 5.26 Å². The maximum absolute atomic E-state index is 11.9. The third-order valence-electron chi connectivity index (χ3n) is 6.98. The van der Waals surface area contributed by atoms with Crippen LogP contribution in [0.3, 0.4) is 0 Å². The van der Waals surface area contributed by atoms with Crippen LogP contribution in [0.4, 0.5) is 0 Å². The summed E-state index contributed by atoms with van der Waals surface area (Å²) in [4.78, 5) is 11.9. The van der Waals surface area contributed by atoms with E-state index in [0.29, 0.717) is 24.5 Å². The van der Waals surface area contributed by atoms with Gasteiger partial charge in [-0.25, -0.2) is 0 Å². The fraction of sp³-hybridized carbons (Fsp3) is 0.680. The number of ketones is 1. The molecule has 3 nitrogen and oxygen atoms in total. The molecule has 2 fully saturated rings. The third kappa shape index (κ3) is 5.16. The van der Waals surface area contributed by atoms with Crippen LogP contribution in [0.2, 0.25) is 0 Å². The quantitative estimate of drug-likeness (QED) is 0.478. The van der Waals surface area contributed by atoms with Crippen molar-refractivity contribution in [2.75, 3.05) is 6.61 Å². The molecule has 152 valence electrons. The minimum absolute atomic E-state index is 0.270. The first kappa shape index (κ1) is 20.9. The van der Waals surface area contributed by atoms with Gasteiger partial charge in [-0.15, -0.1) is 0 Å². The molecule has 0 spiro atoms. The molecule has 0 heterocycles. The molecule has 0 N–H and O–H groups in total. The summed E-state index contributed by atoms with van der Waals surface area (Å²) in [5.74, 6) is 2.13. The SMILES string of the molecule is CCCCCCOc1ccc([C@H]2CC[C@@](C#N)([C@@H]3CCCC(=O)C3)CC2)cc1. The molecule has 0 bridgehead atoms. The van der Waals surface area contributed by atoms with Crippen LogP contribution in [0.25, 0.3) is 0 Å². The monoisotopic (exact) mass is 381 g/mol. The highest BCUT2D eigenvalue weighted by Gasteiger charge is 2.43. The molecule has 2 saturated carbocycles. The first-order valence-electron chi connectivity index (χ1n) is 11.3. The van der Waals surface area contributed by atoms with Crippen LogP contribution in [0, 0.1) is 22.7 Å². The first-order chi connectivity index (χ1) is 13.7. The van der Waals surface area contributed by atoms with E-state index in [1.165, 1.54) is 24.8 Å². The summed E-state index contributed by atoms with van der Waals surface area (Å²) in [6.07, 6.45) is 12.2. The third-order valence-corrected chi connectivity index (χ3v) is 6.98. The van der Waals surface area contributed by atoms with Gasteiger partial charge in [0.25, 0.3) is 0 Å². The number of unbranched alkanes of at least 4 members (excludes halogenated alkanes) is 3. The van der Waals surface area contributed by atoms with Crippen molar-refractivity contribution in [3.05, 3.63) is 29.8 Å². The predicted octanol–water partition coefficient (Wildman–Crippen LogP) is 6.57. The van der Waals surface area contributed by atoms with Crippen molar-refractivity contribution in [3.8, 4) is 11.8 Å². The average molecular weight is 382 g/mol. The van der Waals surface area contributed by atoms with Crippen molar-refractivity contribution in [2.24, 2.45) is 11.3 Å². The molecule has 0 aromatic heterocycles. The Morgan fingerprint density at radius 2 is 1.86 bits per heavy atom. The molecule has 2 aliphatic rings. The lowest BCUT2D eigenvalue weighted by atomic mass is 9.60. The van der Waals surface area contributed by atoms with Gasteiger partial charge >= 0.3 is 0 Å². The van der Waals surface area contributed by atoms with Crippen LogP contribution in [-0.4, -0.2) is 12.4 Å². The summed E-state index contributed by atoms with van der Waals surface area (Å²) in [6, 6.07) is 11.3. The van der Waals surface area contributed by atoms with E-state index in [1.807, 2.05) is 0 Å². The van der Waals surface area contributed by atoms with Crippen molar-refractivity contribution in [3.63, 3.8) is 0 Å². The zero-order valence-electron chi connectivity index (χ0n) is 17.4. The fourth-order valence-corrected chi connectivity index (χ4v) is 5.13. The number of carbonyl (C=O) groups is 1. The number of hydrogen-bond acceptors (Lipinski definition) is 3. The summed E-state index contributed by atoms with van der Waals surface area (Å²) in [5.41, 5.74) is 1.10. The number of nitriles is 1. The molecule has 0 saturated heterocycles. The Morgan fingerprint density at radius 3 is 2.50 bits per heavy atom. The van der Waals surface area contributed by atoms with Crippen LogP contribution in [-0.2, 0) is 4.79 Å². The average Bonchev–Trinajstić information content (AvgIpc) is 2.74. The Hall–Kier alpha value is -1.82. The molecule has 1 aromatic carbocycles. The number of hydrogen-bond donors (Lipinski definition) is 0. The van der Waals surface area contributed by atoms with Gasteiger partial charge < -0.3 is 4.74 Å². The number of carbonyl (C=O) groups excluding carboxylic acids is 1. The first-order valence-corrected chi connectivity index (χ1v) is 11.3. The smallest absolute Gasteiger partial charge is 0.133 e. The second-order valence-corrected chi connectivity index (χ2v) is 8.85. The highest BCUT2D eigenvalue weighted by atomic mass is 16.5.